The van der Waals surface area contributed by atoms with E-state index in [9.17, 15) is 4.79 Å². The minimum absolute atomic E-state index is 0.0487. The minimum atomic E-state index is -0.0487. The molecule has 0 aliphatic carbocycles. The average Bonchev–Trinajstić information content (AvgIpc) is 2.23. The SMILES string of the molecule is CC(C)C(N)CC(=O)N(C)CCCCCO. The second-order valence-corrected chi connectivity index (χ2v) is 4.71. The first-order valence-corrected chi connectivity index (χ1v) is 6.09. The Morgan fingerprint density at radius 2 is 1.94 bits per heavy atom. The molecule has 0 fully saturated rings. The maximum atomic E-state index is 11.7. The van der Waals surface area contributed by atoms with Crippen LogP contribution in [0.15, 0.2) is 0 Å². The molecule has 0 saturated heterocycles. The van der Waals surface area contributed by atoms with Crippen LogP contribution in [0.5, 0.6) is 0 Å². The number of amides is 1. The fourth-order valence-electron chi connectivity index (χ4n) is 1.36. The summed E-state index contributed by atoms with van der Waals surface area (Å²) in [6.45, 7) is 5.04. The van der Waals surface area contributed by atoms with Crippen LogP contribution in [0.4, 0.5) is 0 Å². The highest BCUT2D eigenvalue weighted by molar-refractivity contribution is 5.76. The van der Waals surface area contributed by atoms with Gasteiger partial charge in [-0.05, 0) is 25.2 Å². The molecule has 1 amide bonds. The van der Waals surface area contributed by atoms with E-state index >= 15 is 0 Å². The molecule has 4 nitrogen and oxygen atoms in total. The molecule has 16 heavy (non-hydrogen) atoms. The first kappa shape index (κ1) is 15.4. The van der Waals surface area contributed by atoms with Crippen LogP contribution >= 0.6 is 0 Å². The third-order valence-corrected chi connectivity index (χ3v) is 2.84. The molecule has 96 valence electrons. The number of carbonyl (C=O) groups is 1. The molecule has 3 N–H and O–H groups in total. The van der Waals surface area contributed by atoms with E-state index in [1.54, 1.807) is 4.90 Å². The van der Waals surface area contributed by atoms with E-state index in [4.69, 9.17) is 10.8 Å². The second kappa shape index (κ2) is 8.53. The topological polar surface area (TPSA) is 66.6 Å². The zero-order valence-electron chi connectivity index (χ0n) is 10.8. The highest BCUT2D eigenvalue weighted by atomic mass is 16.2. The normalized spacial score (nSPS) is 12.9. The molecule has 0 rings (SSSR count). The maximum Gasteiger partial charge on any atom is 0.223 e. The molecular weight excluding hydrogens is 204 g/mol. The molecule has 0 saturated carbocycles. The van der Waals surface area contributed by atoms with Gasteiger partial charge in [0.05, 0.1) is 0 Å². The van der Waals surface area contributed by atoms with E-state index in [1.807, 2.05) is 20.9 Å². The number of carbonyl (C=O) groups excluding carboxylic acids is 1. The summed E-state index contributed by atoms with van der Waals surface area (Å²) in [4.78, 5) is 13.5. The lowest BCUT2D eigenvalue weighted by molar-refractivity contribution is -0.130. The van der Waals surface area contributed by atoms with Crippen molar-refractivity contribution in [3.63, 3.8) is 0 Å². The van der Waals surface area contributed by atoms with E-state index in [-0.39, 0.29) is 18.6 Å². The van der Waals surface area contributed by atoms with Crippen molar-refractivity contribution in [1.29, 1.82) is 0 Å². The van der Waals surface area contributed by atoms with Crippen molar-refractivity contribution < 1.29 is 9.90 Å². The molecule has 0 bridgehead atoms. The minimum Gasteiger partial charge on any atom is -0.396 e. The number of nitrogens with zero attached hydrogens (tertiary/aromatic N) is 1. The molecule has 0 aromatic rings. The van der Waals surface area contributed by atoms with Gasteiger partial charge in [0.2, 0.25) is 5.91 Å². The number of nitrogens with two attached hydrogens (primary N) is 1. The van der Waals surface area contributed by atoms with Gasteiger partial charge in [0.25, 0.3) is 0 Å². The van der Waals surface area contributed by atoms with Crippen LogP contribution in [0.2, 0.25) is 0 Å². The highest BCUT2D eigenvalue weighted by Crippen LogP contribution is 2.06. The zero-order chi connectivity index (χ0) is 12.6. The summed E-state index contributed by atoms with van der Waals surface area (Å²) in [6.07, 6.45) is 3.14. The Kier molecular flexibility index (Phi) is 8.21. The molecule has 0 aromatic carbocycles. The number of hydrogen-bond acceptors (Lipinski definition) is 3. The number of unbranched alkanes of at least 4 members (excludes halogenated alkanes) is 2. The molecule has 0 aromatic heterocycles. The third-order valence-electron chi connectivity index (χ3n) is 2.84. The smallest absolute Gasteiger partial charge is 0.223 e. The molecule has 0 aliphatic rings. The molecule has 1 atom stereocenters. The van der Waals surface area contributed by atoms with Gasteiger partial charge in [-0.25, -0.2) is 0 Å². The summed E-state index contributed by atoms with van der Waals surface area (Å²) < 4.78 is 0. The van der Waals surface area contributed by atoms with Crippen molar-refractivity contribution in [2.45, 2.75) is 45.6 Å². The van der Waals surface area contributed by atoms with Crippen LogP contribution in [0.25, 0.3) is 0 Å². The first-order valence-electron chi connectivity index (χ1n) is 6.09. The van der Waals surface area contributed by atoms with E-state index < -0.39 is 0 Å². The van der Waals surface area contributed by atoms with Gasteiger partial charge in [-0.2, -0.15) is 0 Å². The lowest BCUT2D eigenvalue weighted by Crippen LogP contribution is -2.36. The lowest BCUT2D eigenvalue weighted by Gasteiger charge is -2.21. The van der Waals surface area contributed by atoms with Crippen molar-refractivity contribution >= 4 is 5.91 Å². The first-order chi connectivity index (χ1) is 7.49. The predicted octanol–water partition coefficient (Wildman–Crippen LogP) is 0.981. The predicted molar refractivity (Wildman–Crippen MR) is 66.0 cm³/mol. The third kappa shape index (κ3) is 6.80. The van der Waals surface area contributed by atoms with Gasteiger partial charge in [-0.1, -0.05) is 13.8 Å². The van der Waals surface area contributed by atoms with Crippen molar-refractivity contribution in [2.24, 2.45) is 11.7 Å². The Bertz CT molecular complexity index is 195. The Morgan fingerprint density at radius 1 is 1.31 bits per heavy atom. The van der Waals surface area contributed by atoms with Crippen molar-refractivity contribution in [3.8, 4) is 0 Å². The quantitative estimate of drug-likeness (QED) is 0.611. The summed E-state index contributed by atoms with van der Waals surface area (Å²) in [5.41, 5.74) is 5.85. The summed E-state index contributed by atoms with van der Waals surface area (Å²) >= 11 is 0. The molecule has 0 aliphatic heterocycles. The van der Waals surface area contributed by atoms with Gasteiger partial charge in [0, 0.05) is 32.7 Å². The van der Waals surface area contributed by atoms with E-state index in [2.05, 4.69) is 0 Å². The molecule has 4 heteroatoms. The van der Waals surface area contributed by atoms with Crippen LogP contribution in [-0.4, -0.2) is 42.2 Å². The Labute approximate surface area is 98.8 Å². The molecular formula is C12H26N2O2. The Balaban J connectivity index is 3.73. The van der Waals surface area contributed by atoms with Crippen LogP contribution < -0.4 is 5.73 Å². The fourth-order valence-corrected chi connectivity index (χ4v) is 1.36. The van der Waals surface area contributed by atoms with E-state index in [1.165, 1.54) is 0 Å². The molecule has 1 unspecified atom stereocenters. The summed E-state index contributed by atoms with van der Waals surface area (Å²) in [5.74, 6) is 0.455. The fraction of sp³-hybridized carbons (Fsp3) is 0.917. The standard InChI is InChI=1S/C12H26N2O2/c1-10(2)11(13)9-12(16)14(3)7-5-4-6-8-15/h10-11,15H,4-9,13H2,1-3H3. The van der Waals surface area contributed by atoms with Gasteiger partial charge in [0.1, 0.15) is 0 Å². The van der Waals surface area contributed by atoms with Crippen LogP contribution in [-0.2, 0) is 4.79 Å². The number of aliphatic hydroxyl groups excluding tert-OH is 1. The summed E-state index contributed by atoms with van der Waals surface area (Å²) in [7, 11) is 1.81. The van der Waals surface area contributed by atoms with Crippen molar-refractivity contribution in [3.05, 3.63) is 0 Å². The van der Waals surface area contributed by atoms with Crippen molar-refractivity contribution in [2.75, 3.05) is 20.2 Å². The zero-order valence-corrected chi connectivity index (χ0v) is 10.8. The molecule has 0 radical (unpaired) electrons. The monoisotopic (exact) mass is 230 g/mol. The van der Waals surface area contributed by atoms with E-state index in [0.29, 0.717) is 12.3 Å². The molecule has 0 spiro atoms. The number of hydrogen-bond donors (Lipinski definition) is 2. The highest BCUT2D eigenvalue weighted by Gasteiger charge is 2.15. The van der Waals surface area contributed by atoms with Gasteiger partial charge in [-0.3, -0.25) is 4.79 Å². The van der Waals surface area contributed by atoms with Crippen LogP contribution in [0, 0.1) is 5.92 Å². The number of aliphatic hydroxyl groups is 1. The summed E-state index contributed by atoms with van der Waals surface area (Å²) in [6, 6.07) is -0.0487. The molecule has 0 heterocycles. The second-order valence-electron chi connectivity index (χ2n) is 4.71. The summed E-state index contributed by atoms with van der Waals surface area (Å²) in [5, 5.41) is 8.62. The van der Waals surface area contributed by atoms with Crippen molar-refractivity contribution in [1.82, 2.24) is 4.90 Å². The van der Waals surface area contributed by atoms with Gasteiger partial charge >= 0.3 is 0 Å². The number of rotatable bonds is 8. The van der Waals surface area contributed by atoms with Crippen LogP contribution in [0.3, 0.4) is 0 Å². The lowest BCUT2D eigenvalue weighted by atomic mass is 10.0. The maximum absolute atomic E-state index is 11.7. The van der Waals surface area contributed by atoms with Crippen LogP contribution in [0.1, 0.15) is 39.5 Å². The Hall–Kier alpha value is -0.610. The van der Waals surface area contributed by atoms with E-state index in [0.717, 1.165) is 25.8 Å². The average molecular weight is 230 g/mol. The Morgan fingerprint density at radius 3 is 2.44 bits per heavy atom. The van der Waals surface area contributed by atoms with Gasteiger partial charge in [-0.15, -0.1) is 0 Å². The van der Waals surface area contributed by atoms with Gasteiger partial charge < -0.3 is 15.7 Å². The van der Waals surface area contributed by atoms with Gasteiger partial charge in [0.15, 0.2) is 0 Å². The largest absolute Gasteiger partial charge is 0.396 e.